The molecule has 0 saturated heterocycles. The highest BCUT2D eigenvalue weighted by atomic mass is 127. The molecule has 0 aliphatic heterocycles. The molecule has 1 aromatic rings. The molecule has 0 unspecified atom stereocenters. The van der Waals surface area contributed by atoms with Crippen LogP contribution in [0, 0.1) is 14.9 Å². The molecule has 2 nitrogen and oxygen atoms in total. The van der Waals surface area contributed by atoms with Crippen LogP contribution in [0.2, 0.25) is 0 Å². The molecule has 1 rings (SSSR count). The van der Waals surface area contributed by atoms with Crippen LogP contribution in [-0.2, 0) is 6.18 Å². The first-order chi connectivity index (χ1) is 7.29. The summed E-state index contributed by atoms with van der Waals surface area (Å²) in [5, 5.41) is 8.68. The molecule has 0 N–H and O–H groups in total. The maximum atomic E-state index is 12.7. The molecular weight excluding hydrogens is 334 g/mol. The van der Waals surface area contributed by atoms with Crippen LogP contribution in [0.5, 0.6) is 0 Å². The van der Waals surface area contributed by atoms with E-state index in [-0.39, 0.29) is 9.13 Å². The molecule has 0 saturated carbocycles. The third kappa shape index (κ3) is 2.35. The fourth-order valence-electron chi connectivity index (χ4n) is 1.31. The predicted octanol–water partition coefficient (Wildman–Crippen LogP) is 3.38. The van der Waals surface area contributed by atoms with E-state index in [9.17, 15) is 18.0 Å². The predicted molar refractivity (Wildman–Crippen MR) is 58.9 cm³/mol. The lowest BCUT2D eigenvalue weighted by Crippen LogP contribution is -2.15. The fraction of sp³-hybridized carbons (Fsp3) is 0.200. The first-order valence-corrected chi connectivity index (χ1v) is 5.17. The number of carbonyl (C=O) groups is 1. The minimum atomic E-state index is -4.63. The van der Waals surface area contributed by atoms with E-state index in [0.717, 1.165) is 6.92 Å². The Labute approximate surface area is 103 Å². The van der Waals surface area contributed by atoms with E-state index in [4.69, 9.17) is 5.26 Å². The highest BCUT2D eigenvalue weighted by molar-refractivity contribution is 14.1. The summed E-state index contributed by atoms with van der Waals surface area (Å²) >= 11 is 1.50. The number of nitrogens with zero attached hydrogens (tertiary/aromatic N) is 1. The molecule has 0 fully saturated rings. The summed E-state index contributed by atoms with van der Waals surface area (Å²) < 4.78 is 38.1. The SMILES string of the molecule is CC(=O)c1c(C#N)ccc(I)c1C(F)(F)F. The molecule has 0 heterocycles. The Kier molecular flexibility index (Phi) is 3.57. The number of halogens is 4. The molecule has 16 heavy (non-hydrogen) atoms. The normalized spacial score (nSPS) is 11.0. The van der Waals surface area contributed by atoms with Gasteiger partial charge in [0.1, 0.15) is 0 Å². The van der Waals surface area contributed by atoms with Crippen molar-refractivity contribution in [3.8, 4) is 6.07 Å². The van der Waals surface area contributed by atoms with Crippen LogP contribution in [0.25, 0.3) is 0 Å². The lowest BCUT2D eigenvalue weighted by Gasteiger charge is -2.14. The third-order valence-electron chi connectivity index (χ3n) is 1.91. The number of carbonyl (C=O) groups excluding carboxylic acids is 1. The summed E-state index contributed by atoms with van der Waals surface area (Å²) in [5.41, 5.74) is -1.83. The van der Waals surface area contributed by atoms with Crippen molar-refractivity contribution in [2.75, 3.05) is 0 Å². The molecule has 0 atom stereocenters. The molecule has 0 bridgehead atoms. The van der Waals surface area contributed by atoms with Gasteiger partial charge in [-0.05, 0) is 41.6 Å². The molecule has 0 aromatic heterocycles. The van der Waals surface area contributed by atoms with Crippen LogP contribution < -0.4 is 0 Å². The summed E-state index contributed by atoms with van der Waals surface area (Å²) in [6, 6.07) is 3.98. The Morgan fingerprint density at radius 3 is 2.38 bits per heavy atom. The second kappa shape index (κ2) is 4.41. The van der Waals surface area contributed by atoms with Gasteiger partial charge in [-0.15, -0.1) is 0 Å². The van der Waals surface area contributed by atoms with E-state index >= 15 is 0 Å². The Balaban J connectivity index is 3.70. The maximum Gasteiger partial charge on any atom is 0.418 e. The van der Waals surface area contributed by atoms with Gasteiger partial charge >= 0.3 is 6.18 Å². The van der Waals surface area contributed by atoms with Crippen molar-refractivity contribution in [3.05, 3.63) is 32.4 Å². The largest absolute Gasteiger partial charge is 0.418 e. The number of nitriles is 1. The van der Waals surface area contributed by atoms with Crippen molar-refractivity contribution >= 4 is 28.4 Å². The van der Waals surface area contributed by atoms with E-state index in [0.29, 0.717) is 0 Å². The average molecular weight is 339 g/mol. The monoisotopic (exact) mass is 339 g/mol. The smallest absolute Gasteiger partial charge is 0.294 e. The molecule has 0 aliphatic rings. The zero-order valence-electron chi connectivity index (χ0n) is 8.02. The Morgan fingerprint density at radius 2 is 2.00 bits per heavy atom. The van der Waals surface area contributed by atoms with Crippen LogP contribution >= 0.6 is 22.6 Å². The van der Waals surface area contributed by atoms with Crippen LogP contribution in [0.15, 0.2) is 12.1 Å². The highest BCUT2D eigenvalue weighted by Crippen LogP contribution is 2.36. The minimum Gasteiger partial charge on any atom is -0.294 e. The number of hydrogen-bond donors (Lipinski definition) is 0. The first-order valence-electron chi connectivity index (χ1n) is 4.09. The van der Waals surface area contributed by atoms with E-state index in [1.54, 1.807) is 6.07 Å². The molecular formula is C10H5F3INO. The molecule has 0 spiro atoms. The number of ketones is 1. The first kappa shape index (κ1) is 13.0. The van der Waals surface area contributed by atoms with Crippen molar-refractivity contribution in [3.63, 3.8) is 0 Å². The van der Waals surface area contributed by atoms with Crippen LogP contribution in [0.3, 0.4) is 0 Å². The van der Waals surface area contributed by atoms with Gasteiger partial charge in [0.25, 0.3) is 0 Å². The van der Waals surface area contributed by atoms with Crippen LogP contribution in [0.4, 0.5) is 13.2 Å². The lowest BCUT2D eigenvalue weighted by atomic mass is 9.98. The number of hydrogen-bond acceptors (Lipinski definition) is 2. The zero-order chi connectivity index (χ0) is 12.5. The maximum absolute atomic E-state index is 12.7. The van der Waals surface area contributed by atoms with Crippen LogP contribution in [-0.4, -0.2) is 5.78 Å². The van der Waals surface area contributed by atoms with Crippen LogP contribution in [0.1, 0.15) is 28.4 Å². The van der Waals surface area contributed by atoms with Crippen molar-refractivity contribution < 1.29 is 18.0 Å². The summed E-state index contributed by atoms with van der Waals surface area (Å²) in [6.45, 7) is 1.02. The van der Waals surface area contributed by atoms with E-state index in [1.807, 2.05) is 0 Å². The summed E-state index contributed by atoms with van der Waals surface area (Å²) in [7, 11) is 0. The van der Waals surface area contributed by atoms with Gasteiger partial charge in [0.05, 0.1) is 17.2 Å². The second-order valence-corrected chi connectivity index (χ2v) is 4.17. The Morgan fingerprint density at radius 1 is 1.44 bits per heavy atom. The van der Waals surface area contributed by atoms with Crippen molar-refractivity contribution in [2.24, 2.45) is 0 Å². The molecule has 1 aromatic carbocycles. The van der Waals surface area contributed by atoms with Crippen molar-refractivity contribution in [1.82, 2.24) is 0 Å². The number of rotatable bonds is 1. The van der Waals surface area contributed by atoms with Crippen molar-refractivity contribution in [1.29, 1.82) is 5.26 Å². The molecule has 6 heteroatoms. The molecule has 84 valence electrons. The van der Waals surface area contributed by atoms with Crippen molar-refractivity contribution in [2.45, 2.75) is 13.1 Å². The number of Topliss-reactive ketones (excluding diaryl/α,β-unsaturated/α-hetero) is 1. The van der Waals surface area contributed by atoms with E-state index in [2.05, 4.69) is 0 Å². The average Bonchev–Trinajstić information content (AvgIpc) is 2.15. The van der Waals surface area contributed by atoms with Gasteiger partial charge in [-0.1, -0.05) is 0 Å². The number of alkyl halides is 3. The minimum absolute atomic E-state index is 0.0886. The summed E-state index contributed by atoms with van der Waals surface area (Å²) in [4.78, 5) is 11.2. The fourth-order valence-corrected chi connectivity index (χ4v) is 2.07. The second-order valence-electron chi connectivity index (χ2n) is 3.01. The van der Waals surface area contributed by atoms with Gasteiger partial charge in [-0.2, -0.15) is 18.4 Å². The number of benzene rings is 1. The standard InChI is InChI=1S/C10H5F3INO/c1-5(16)8-6(4-15)2-3-7(14)9(8)10(11,12)13/h2-3H,1H3. The zero-order valence-corrected chi connectivity index (χ0v) is 10.2. The van der Waals surface area contributed by atoms with Gasteiger partial charge in [0.2, 0.25) is 0 Å². The van der Waals surface area contributed by atoms with E-state index in [1.165, 1.54) is 34.7 Å². The van der Waals surface area contributed by atoms with Gasteiger partial charge in [-0.25, -0.2) is 0 Å². The summed E-state index contributed by atoms with van der Waals surface area (Å²) in [5.74, 6) is -0.762. The quantitative estimate of drug-likeness (QED) is 0.581. The van der Waals surface area contributed by atoms with Gasteiger partial charge in [-0.3, -0.25) is 4.79 Å². The molecule has 0 radical (unpaired) electrons. The highest BCUT2D eigenvalue weighted by Gasteiger charge is 2.38. The molecule has 0 amide bonds. The van der Waals surface area contributed by atoms with Gasteiger partial charge < -0.3 is 0 Å². The topological polar surface area (TPSA) is 40.9 Å². The third-order valence-corrected chi connectivity index (χ3v) is 2.81. The Bertz CT molecular complexity index is 488. The van der Waals surface area contributed by atoms with E-state index < -0.39 is 23.1 Å². The Hall–Kier alpha value is -1.10. The lowest BCUT2D eigenvalue weighted by molar-refractivity contribution is -0.138. The van der Waals surface area contributed by atoms with Gasteiger partial charge in [0.15, 0.2) is 5.78 Å². The summed E-state index contributed by atoms with van der Waals surface area (Å²) in [6.07, 6.45) is -4.63. The van der Waals surface area contributed by atoms with Gasteiger partial charge in [0, 0.05) is 9.13 Å². The molecule has 0 aliphatic carbocycles.